The van der Waals surface area contributed by atoms with Gasteiger partial charge in [0.25, 0.3) is 0 Å². The molecule has 0 aromatic heterocycles. The molecule has 2 atom stereocenters. The summed E-state index contributed by atoms with van der Waals surface area (Å²) in [5, 5.41) is 5.98. The number of hydrogen-bond acceptors (Lipinski definition) is 4. The molecule has 0 aromatic carbocycles. The van der Waals surface area contributed by atoms with E-state index < -0.39 is 11.7 Å². The molecule has 5 heteroatoms. The van der Waals surface area contributed by atoms with Crippen molar-refractivity contribution in [2.24, 2.45) is 0 Å². The molecule has 0 aliphatic carbocycles. The van der Waals surface area contributed by atoms with E-state index in [2.05, 4.69) is 17.6 Å². The van der Waals surface area contributed by atoms with Crippen LogP contribution in [0.3, 0.4) is 0 Å². The van der Waals surface area contributed by atoms with Crippen molar-refractivity contribution in [2.45, 2.75) is 45.4 Å². The van der Waals surface area contributed by atoms with Gasteiger partial charge >= 0.3 is 6.09 Å². The zero-order valence-electron chi connectivity index (χ0n) is 10.5. The Morgan fingerprint density at radius 1 is 1.56 bits per heavy atom. The number of morpholine rings is 1. The van der Waals surface area contributed by atoms with Crippen LogP contribution in [0.4, 0.5) is 4.79 Å². The van der Waals surface area contributed by atoms with Crippen LogP contribution in [-0.2, 0) is 9.47 Å². The Balaban J connectivity index is 2.17. The van der Waals surface area contributed by atoms with Crippen LogP contribution >= 0.6 is 0 Å². The van der Waals surface area contributed by atoms with Gasteiger partial charge in [-0.25, -0.2) is 4.79 Å². The lowest BCUT2D eigenvalue weighted by molar-refractivity contribution is 0.00458. The summed E-state index contributed by atoms with van der Waals surface area (Å²) in [7, 11) is 0. The molecule has 0 unspecified atom stereocenters. The highest BCUT2D eigenvalue weighted by Gasteiger charge is 2.20. The van der Waals surface area contributed by atoms with Crippen LogP contribution in [0.5, 0.6) is 0 Å². The summed E-state index contributed by atoms with van der Waals surface area (Å²) >= 11 is 0. The zero-order chi connectivity index (χ0) is 12.2. The van der Waals surface area contributed by atoms with Gasteiger partial charge < -0.3 is 20.1 Å². The van der Waals surface area contributed by atoms with Crippen molar-refractivity contribution in [1.82, 2.24) is 10.6 Å². The smallest absolute Gasteiger partial charge is 0.407 e. The second kappa shape index (κ2) is 5.50. The van der Waals surface area contributed by atoms with Gasteiger partial charge in [-0.05, 0) is 27.7 Å². The molecule has 1 aliphatic rings. The van der Waals surface area contributed by atoms with Crippen LogP contribution in [-0.4, -0.2) is 43.5 Å². The van der Waals surface area contributed by atoms with Gasteiger partial charge in [-0.2, -0.15) is 0 Å². The van der Waals surface area contributed by atoms with Crippen LogP contribution in [0, 0.1) is 0 Å². The summed E-state index contributed by atoms with van der Waals surface area (Å²) < 4.78 is 10.7. The molecule has 1 aliphatic heterocycles. The normalized spacial score (nSPS) is 26.2. The summed E-state index contributed by atoms with van der Waals surface area (Å²) in [6.45, 7) is 9.51. The fourth-order valence-electron chi connectivity index (χ4n) is 1.37. The van der Waals surface area contributed by atoms with Gasteiger partial charge in [0.2, 0.25) is 0 Å². The molecule has 0 aromatic rings. The zero-order valence-corrected chi connectivity index (χ0v) is 10.5. The van der Waals surface area contributed by atoms with E-state index >= 15 is 0 Å². The van der Waals surface area contributed by atoms with Crippen molar-refractivity contribution in [3.05, 3.63) is 0 Å². The first kappa shape index (κ1) is 13.3. The molecule has 0 bridgehead atoms. The van der Waals surface area contributed by atoms with Crippen molar-refractivity contribution in [3.8, 4) is 0 Å². The molecule has 1 fully saturated rings. The summed E-state index contributed by atoms with van der Waals surface area (Å²) in [5.41, 5.74) is -0.454. The molecule has 5 nitrogen and oxygen atoms in total. The highest BCUT2D eigenvalue weighted by atomic mass is 16.6. The van der Waals surface area contributed by atoms with Gasteiger partial charge in [-0.1, -0.05) is 0 Å². The number of hydrogen-bond donors (Lipinski definition) is 2. The average molecular weight is 230 g/mol. The van der Waals surface area contributed by atoms with E-state index in [4.69, 9.17) is 9.47 Å². The van der Waals surface area contributed by atoms with Crippen LogP contribution in [0.15, 0.2) is 0 Å². The van der Waals surface area contributed by atoms with Gasteiger partial charge in [-0.15, -0.1) is 0 Å². The molecule has 0 saturated carbocycles. The molecule has 1 rings (SSSR count). The quantitative estimate of drug-likeness (QED) is 0.739. The van der Waals surface area contributed by atoms with Crippen molar-refractivity contribution in [1.29, 1.82) is 0 Å². The van der Waals surface area contributed by atoms with Gasteiger partial charge in [-0.3, -0.25) is 0 Å². The minimum atomic E-state index is -0.454. The molecule has 16 heavy (non-hydrogen) atoms. The molecule has 94 valence electrons. The minimum Gasteiger partial charge on any atom is -0.444 e. The van der Waals surface area contributed by atoms with Crippen molar-refractivity contribution in [3.63, 3.8) is 0 Å². The Hall–Kier alpha value is -0.810. The van der Waals surface area contributed by atoms with E-state index in [9.17, 15) is 4.79 Å². The first-order valence-electron chi connectivity index (χ1n) is 5.68. The van der Waals surface area contributed by atoms with Crippen molar-refractivity contribution in [2.75, 3.05) is 19.7 Å². The number of carbonyl (C=O) groups is 1. The molecule has 2 N–H and O–H groups in total. The van der Waals surface area contributed by atoms with E-state index in [0.717, 1.165) is 6.54 Å². The van der Waals surface area contributed by atoms with Crippen molar-refractivity contribution >= 4 is 6.09 Å². The Kier molecular flexibility index (Phi) is 4.56. The fourth-order valence-corrected chi connectivity index (χ4v) is 1.37. The molecule has 1 amide bonds. The van der Waals surface area contributed by atoms with Crippen LogP contribution in [0.2, 0.25) is 0 Å². The highest BCUT2D eigenvalue weighted by molar-refractivity contribution is 5.67. The monoisotopic (exact) mass is 230 g/mol. The third-order valence-electron chi connectivity index (χ3n) is 2.15. The number of nitrogens with one attached hydrogen (secondary N) is 2. The van der Waals surface area contributed by atoms with E-state index in [-0.39, 0.29) is 6.10 Å². The third-order valence-corrected chi connectivity index (χ3v) is 2.15. The molecular weight excluding hydrogens is 208 g/mol. The lowest BCUT2D eigenvalue weighted by Gasteiger charge is -2.28. The van der Waals surface area contributed by atoms with Gasteiger partial charge in [0.15, 0.2) is 0 Å². The maximum Gasteiger partial charge on any atom is 0.407 e. The summed E-state index contributed by atoms with van der Waals surface area (Å²) in [6.07, 6.45) is -0.363. The SMILES string of the molecule is C[C@H]1CO[C@@H](CNC(=O)OC(C)(C)C)CN1. The van der Waals surface area contributed by atoms with E-state index in [1.165, 1.54) is 0 Å². The number of rotatable bonds is 2. The average Bonchev–Trinajstić information content (AvgIpc) is 2.14. The maximum atomic E-state index is 11.4. The number of ether oxygens (including phenoxy) is 2. The van der Waals surface area contributed by atoms with E-state index in [1.54, 1.807) is 0 Å². The highest BCUT2D eigenvalue weighted by Crippen LogP contribution is 2.06. The van der Waals surface area contributed by atoms with Crippen LogP contribution < -0.4 is 10.6 Å². The molecule has 0 spiro atoms. The number of amides is 1. The first-order valence-corrected chi connectivity index (χ1v) is 5.68. The summed E-state index contributed by atoms with van der Waals surface area (Å²) in [6, 6.07) is 0.387. The standard InChI is InChI=1S/C11H22N2O3/c1-8-7-15-9(5-12-8)6-13-10(14)16-11(2,3)4/h8-9,12H,5-7H2,1-4H3,(H,13,14)/t8-,9+/m0/s1. The molecule has 1 saturated heterocycles. The van der Waals surface area contributed by atoms with Gasteiger partial charge in [0.05, 0.1) is 12.7 Å². The lowest BCUT2D eigenvalue weighted by Crippen LogP contribution is -2.49. The Morgan fingerprint density at radius 2 is 2.25 bits per heavy atom. The Labute approximate surface area is 96.9 Å². The maximum absolute atomic E-state index is 11.4. The van der Waals surface area contributed by atoms with E-state index in [0.29, 0.717) is 19.2 Å². The molecule has 1 heterocycles. The third kappa shape index (κ3) is 5.32. The second-order valence-corrected chi connectivity index (χ2v) is 5.15. The number of carbonyl (C=O) groups excluding carboxylic acids is 1. The lowest BCUT2D eigenvalue weighted by atomic mass is 10.2. The molecular formula is C11H22N2O3. The second-order valence-electron chi connectivity index (χ2n) is 5.15. The minimum absolute atomic E-state index is 0.0312. The topological polar surface area (TPSA) is 59.6 Å². The predicted octanol–water partition coefficient (Wildman–Crippen LogP) is 0.888. The van der Waals surface area contributed by atoms with Crippen LogP contribution in [0.1, 0.15) is 27.7 Å². The number of alkyl carbamates (subject to hydrolysis) is 1. The van der Waals surface area contributed by atoms with Crippen molar-refractivity contribution < 1.29 is 14.3 Å². The van der Waals surface area contributed by atoms with Gasteiger partial charge in [0.1, 0.15) is 5.60 Å². The fraction of sp³-hybridized carbons (Fsp3) is 0.909. The molecule has 0 radical (unpaired) electrons. The Bertz CT molecular complexity index is 230. The predicted molar refractivity (Wildman–Crippen MR) is 61.4 cm³/mol. The summed E-state index contributed by atoms with van der Waals surface area (Å²) in [4.78, 5) is 11.4. The first-order chi connectivity index (χ1) is 7.37. The largest absolute Gasteiger partial charge is 0.444 e. The van der Waals surface area contributed by atoms with E-state index in [1.807, 2.05) is 20.8 Å². The van der Waals surface area contributed by atoms with Crippen LogP contribution in [0.25, 0.3) is 0 Å². The Morgan fingerprint density at radius 3 is 2.75 bits per heavy atom. The summed E-state index contributed by atoms with van der Waals surface area (Å²) in [5.74, 6) is 0. The van der Waals surface area contributed by atoms with Gasteiger partial charge in [0, 0.05) is 19.1 Å².